The van der Waals surface area contributed by atoms with Crippen molar-refractivity contribution in [1.82, 2.24) is 5.32 Å². The molecule has 1 atom stereocenters. The van der Waals surface area contributed by atoms with Crippen molar-refractivity contribution in [2.24, 2.45) is 0 Å². The van der Waals surface area contributed by atoms with E-state index in [0.717, 1.165) is 21.7 Å². The first-order chi connectivity index (χ1) is 15.1. The van der Waals surface area contributed by atoms with E-state index in [1.807, 2.05) is 19.9 Å². The summed E-state index contributed by atoms with van der Waals surface area (Å²) in [6.45, 7) is 6.25. The first kappa shape index (κ1) is 25.4. The summed E-state index contributed by atoms with van der Waals surface area (Å²) in [6.07, 6.45) is 1.32. The van der Waals surface area contributed by atoms with Crippen LogP contribution in [0, 0.1) is 13.8 Å². The molecule has 0 spiro atoms. The average Bonchev–Trinajstić information content (AvgIpc) is 2.73. The van der Waals surface area contributed by atoms with Crippen LogP contribution in [0.5, 0.6) is 0 Å². The number of anilines is 2. The van der Waals surface area contributed by atoms with Crippen LogP contribution >= 0.6 is 0 Å². The molecule has 9 heteroatoms. The number of methoxy groups -OCH3 is 1. The Labute approximate surface area is 190 Å². The van der Waals surface area contributed by atoms with Gasteiger partial charge in [0.25, 0.3) is 5.91 Å². The molecule has 0 aliphatic carbocycles. The second-order valence-corrected chi connectivity index (χ2v) is 9.39. The zero-order chi connectivity index (χ0) is 23.9. The van der Waals surface area contributed by atoms with Gasteiger partial charge in [-0.25, -0.2) is 8.42 Å². The Morgan fingerprint density at radius 1 is 1.09 bits per heavy atom. The summed E-state index contributed by atoms with van der Waals surface area (Å²) in [5, 5.41) is 5.46. The minimum absolute atomic E-state index is 0.244. The van der Waals surface area contributed by atoms with Crippen molar-refractivity contribution >= 4 is 33.2 Å². The molecule has 0 bridgehead atoms. The highest BCUT2D eigenvalue weighted by Crippen LogP contribution is 2.26. The quantitative estimate of drug-likeness (QED) is 0.530. The van der Waals surface area contributed by atoms with Gasteiger partial charge >= 0.3 is 0 Å². The van der Waals surface area contributed by atoms with Crippen LogP contribution in [-0.2, 0) is 19.6 Å². The molecule has 8 nitrogen and oxygen atoms in total. The van der Waals surface area contributed by atoms with Crippen molar-refractivity contribution < 1.29 is 22.7 Å². The van der Waals surface area contributed by atoms with Crippen LogP contribution in [0.15, 0.2) is 42.5 Å². The van der Waals surface area contributed by atoms with Crippen molar-refractivity contribution in [1.29, 1.82) is 0 Å². The molecule has 2 amide bonds. The molecule has 2 aromatic rings. The lowest BCUT2D eigenvalue weighted by molar-refractivity contribution is -0.117. The van der Waals surface area contributed by atoms with Gasteiger partial charge in [0, 0.05) is 13.7 Å². The summed E-state index contributed by atoms with van der Waals surface area (Å²) in [5.41, 5.74) is 2.95. The number of nitrogens with zero attached hydrogens (tertiary/aromatic N) is 1. The number of carbonyl (C=O) groups is 2. The maximum absolute atomic E-state index is 13.2. The zero-order valence-corrected chi connectivity index (χ0v) is 20.0. The molecule has 2 rings (SSSR count). The fourth-order valence-electron chi connectivity index (χ4n) is 3.29. The minimum Gasteiger partial charge on any atom is -0.383 e. The molecule has 0 aromatic heterocycles. The molecule has 174 valence electrons. The molecular weight excluding hydrogens is 430 g/mol. The second-order valence-electron chi connectivity index (χ2n) is 7.53. The van der Waals surface area contributed by atoms with Gasteiger partial charge < -0.3 is 15.4 Å². The molecule has 2 aromatic carbocycles. The molecule has 0 saturated heterocycles. The van der Waals surface area contributed by atoms with Gasteiger partial charge in [-0.05, 0) is 55.7 Å². The van der Waals surface area contributed by atoms with Crippen LogP contribution in [-0.4, -0.2) is 52.8 Å². The van der Waals surface area contributed by atoms with Gasteiger partial charge in [-0.3, -0.25) is 13.9 Å². The van der Waals surface area contributed by atoms with Gasteiger partial charge in [0.05, 0.1) is 29.8 Å². The fraction of sp³-hybridized carbons (Fsp3) is 0.391. The third-order valence-electron chi connectivity index (χ3n) is 5.10. The third-order valence-corrected chi connectivity index (χ3v) is 6.28. The standard InChI is InChI=1S/C23H31N3O5S/c1-6-21(26(32(5,29)30)18-12-11-16(2)17(3)15-18)23(28)25-20-10-8-7-9-19(20)22(27)24-13-14-31-4/h7-12,15,21H,6,13-14H2,1-5H3,(H,24,27)(H,25,28)/t21-/m0/s1. The molecule has 0 fully saturated rings. The molecule has 32 heavy (non-hydrogen) atoms. The van der Waals surface area contributed by atoms with Crippen molar-refractivity contribution in [2.45, 2.75) is 33.2 Å². The number of rotatable bonds is 10. The summed E-state index contributed by atoms with van der Waals surface area (Å²) in [4.78, 5) is 25.7. The van der Waals surface area contributed by atoms with E-state index in [0.29, 0.717) is 24.5 Å². The van der Waals surface area contributed by atoms with E-state index in [4.69, 9.17) is 4.74 Å². The number of para-hydroxylation sites is 1. The lowest BCUT2D eigenvalue weighted by Gasteiger charge is -2.30. The first-order valence-electron chi connectivity index (χ1n) is 10.3. The van der Waals surface area contributed by atoms with Crippen molar-refractivity contribution in [3.05, 3.63) is 59.2 Å². The number of hydrogen-bond donors (Lipinski definition) is 2. The molecular formula is C23H31N3O5S. The van der Waals surface area contributed by atoms with Crippen LogP contribution in [0.1, 0.15) is 34.8 Å². The summed E-state index contributed by atoms with van der Waals surface area (Å²) in [5.74, 6) is -0.881. The van der Waals surface area contributed by atoms with Gasteiger partial charge in [0.1, 0.15) is 6.04 Å². The smallest absolute Gasteiger partial charge is 0.253 e. The van der Waals surface area contributed by atoms with E-state index in [1.54, 1.807) is 43.3 Å². The predicted molar refractivity (Wildman–Crippen MR) is 127 cm³/mol. The Hall–Kier alpha value is -2.91. The molecule has 0 unspecified atom stereocenters. The highest BCUT2D eigenvalue weighted by atomic mass is 32.2. The van der Waals surface area contributed by atoms with E-state index >= 15 is 0 Å². The molecule has 0 radical (unpaired) electrons. The second kappa shape index (κ2) is 11.1. The van der Waals surface area contributed by atoms with Crippen LogP contribution in [0.3, 0.4) is 0 Å². The molecule has 2 N–H and O–H groups in total. The Kier molecular flexibility index (Phi) is 8.80. The van der Waals surface area contributed by atoms with Crippen LogP contribution in [0.4, 0.5) is 11.4 Å². The van der Waals surface area contributed by atoms with Gasteiger partial charge in [0.15, 0.2) is 0 Å². The number of hydrogen-bond acceptors (Lipinski definition) is 5. The van der Waals surface area contributed by atoms with Crippen molar-refractivity contribution in [3.8, 4) is 0 Å². The minimum atomic E-state index is -3.76. The maximum Gasteiger partial charge on any atom is 0.253 e. The number of sulfonamides is 1. The number of nitrogens with one attached hydrogen (secondary N) is 2. The highest BCUT2D eigenvalue weighted by molar-refractivity contribution is 7.92. The zero-order valence-electron chi connectivity index (χ0n) is 19.1. The third kappa shape index (κ3) is 6.30. The van der Waals surface area contributed by atoms with Gasteiger partial charge in [0.2, 0.25) is 15.9 Å². The fourth-order valence-corrected chi connectivity index (χ4v) is 4.49. The van der Waals surface area contributed by atoms with E-state index in [1.165, 1.54) is 7.11 Å². The summed E-state index contributed by atoms with van der Waals surface area (Å²) < 4.78 is 31.4. The van der Waals surface area contributed by atoms with Crippen molar-refractivity contribution in [2.75, 3.05) is 36.1 Å². The Bertz CT molecular complexity index is 1070. The Morgan fingerprint density at radius 2 is 1.78 bits per heavy atom. The number of amides is 2. The number of benzene rings is 2. The van der Waals surface area contributed by atoms with E-state index in [-0.39, 0.29) is 17.9 Å². The first-order valence-corrected chi connectivity index (χ1v) is 12.2. The van der Waals surface area contributed by atoms with Gasteiger partial charge in [-0.2, -0.15) is 0 Å². The molecule has 0 aliphatic rings. The normalized spacial score (nSPS) is 12.2. The topological polar surface area (TPSA) is 105 Å². The van der Waals surface area contributed by atoms with Gasteiger partial charge in [-0.15, -0.1) is 0 Å². The average molecular weight is 462 g/mol. The maximum atomic E-state index is 13.2. The summed E-state index contributed by atoms with van der Waals surface area (Å²) >= 11 is 0. The predicted octanol–water partition coefficient (Wildman–Crippen LogP) is 2.86. The van der Waals surface area contributed by atoms with E-state index in [9.17, 15) is 18.0 Å². The number of aryl methyl sites for hydroxylation is 2. The van der Waals surface area contributed by atoms with E-state index < -0.39 is 22.0 Å². The SMILES string of the molecule is CC[C@@H](C(=O)Nc1ccccc1C(=O)NCCOC)N(c1ccc(C)c(C)c1)S(C)(=O)=O. The van der Waals surface area contributed by atoms with Crippen molar-refractivity contribution in [3.63, 3.8) is 0 Å². The summed E-state index contributed by atoms with van der Waals surface area (Å²) in [6, 6.07) is 10.9. The molecule has 0 heterocycles. The van der Waals surface area contributed by atoms with E-state index in [2.05, 4.69) is 10.6 Å². The summed E-state index contributed by atoms with van der Waals surface area (Å²) in [7, 11) is -2.22. The highest BCUT2D eigenvalue weighted by Gasteiger charge is 2.32. The molecule has 0 saturated carbocycles. The lowest BCUT2D eigenvalue weighted by atomic mass is 10.1. The van der Waals surface area contributed by atoms with Gasteiger partial charge in [-0.1, -0.05) is 25.1 Å². The van der Waals surface area contributed by atoms with Crippen LogP contribution in [0.25, 0.3) is 0 Å². The lowest BCUT2D eigenvalue weighted by Crippen LogP contribution is -2.47. The largest absolute Gasteiger partial charge is 0.383 e. The van der Waals surface area contributed by atoms with Crippen LogP contribution < -0.4 is 14.9 Å². The number of ether oxygens (including phenoxy) is 1. The van der Waals surface area contributed by atoms with Crippen LogP contribution in [0.2, 0.25) is 0 Å². The number of carbonyl (C=O) groups excluding carboxylic acids is 2. The Balaban J connectivity index is 2.36. The monoisotopic (exact) mass is 461 g/mol. The Morgan fingerprint density at radius 3 is 2.38 bits per heavy atom. The molecule has 0 aliphatic heterocycles.